The number of hydroxylamine groups is 2. The minimum atomic E-state index is -0.974. The molecule has 0 spiro atoms. The highest BCUT2D eigenvalue weighted by atomic mass is 16.7. The second-order valence-electron chi connectivity index (χ2n) is 6.70. The smallest absolute Gasteiger partial charge is 0.278 e. The highest BCUT2D eigenvalue weighted by molar-refractivity contribution is 5.97. The molecular weight excluding hydrogens is 270 g/mol. The number of hydrogen-bond donors (Lipinski definition) is 2. The molecule has 1 aromatic rings. The molecule has 1 saturated carbocycles. The van der Waals surface area contributed by atoms with Crippen LogP contribution < -0.4 is 0 Å². The largest absolute Gasteiger partial charge is 0.396 e. The van der Waals surface area contributed by atoms with Crippen LogP contribution in [0.1, 0.15) is 48.2 Å². The first kappa shape index (κ1) is 14.5. The molecule has 1 amide bonds. The van der Waals surface area contributed by atoms with Gasteiger partial charge in [-0.3, -0.25) is 9.63 Å². The van der Waals surface area contributed by atoms with Gasteiger partial charge in [0.2, 0.25) is 0 Å². The third kappa shape index (κ3) is 2.69. The van der Waals surface area contributed by atoms with Gasteiger partial charge >= 0.3 is 0 Å². The van der Waals surface area contributed by atoms with Crippen LogP contribution in [-0.2, 0) is 17.0 Å². The van der Waals surface area contributed by atoms with Crippen LogP contribution in [0.15, 0.2) is 18.2 Å². The van der Waals surface area contributed by atoms with E-state index in [1.807, 2.05) is 12.1 Å². The van der Waals surface area contributed by atoms with E-state index in [-0.39, 0.29) is 17.9 Å². The van der Waals surface area contributed by atoms with E-state index in [9.17, 15) is 15.0 Å². The van der Waals surface area contributed by atoms with Crippen molar-refractivity contribution in [3.8, 4) is 0 Å². The van der Waals surface area contributed by atoms with E-state index in [1.54, 1.807) is 19.9 Å². The van der Waals surface area contributed by atoms with E-state index in [2.05, 4.69) is 0 Å². The molecule has 21 heavy (non-hydrogen) atoms. The SMILES string of the molecule is CC(C)(O)c1ccc2c(c1)C(=O)N(OCC1(CO)CC1)C2. The van der Waals surface area contributed by atoms with Crippen molar-refractivity contribution in [2.45, 2.75) is 38.8 Å². The van der Waals surface area contributed by atoms with E-state index < -0.39 is 5.60 Å². The molecule has 0 bridgehead atoms. The predicted molar refractivity (Wildman–Crippen MR) is 76.3 cm³/mol. The summed E-state index contributed by atoms with van der Waals surface area (Å²) in [5.74, 6) is -0.176. The number of amides is 1. The molecule has 0 radical (unpaired) electrons. The lowest BCUT2D eigenvalue weighted by molar-refractivity contribution is -0.143. The molecule has 1 aliphatic heterocycles. The van der Waals surface area contributed by atoms with Crippen LogP contribution in [0.25, 0.3) is 0 Å². The molecule has 1 fully saturated rings. The molecule has 2 N–H and O–H groups in total. The number of hydrogen-bond acceptors (Lipinski definition) is 4. The number of carbonyl (C=O) groups is 1. The number of aliphatic hydroxyl groups is 2. The third-order valence-corrected chi connectivity index (χ3v) is 4.41. The minimum Gasteiger partial charge on any atom is -0.396 e. The first-order valence-electron chi connectivity index (χ1n) is 7.26. The predicted octanol–water partition coefficient (Wildman–Crippen LogP) is 1.57. The van der Waals surface area contributed by atoms with Gasteiger partial charge in [-0.1, -0.05) is 12.1 Å². The number of aliphatic hydroxyl groups excluding tert-OH is 1. The van der Waals surface area contributed by atoms with Gasteiger partial charge in [-0.05, 0) is 43.9 Å². The van der Waals surface area contributed by atoms with Crippen molar-refractivity contribution < 1.29 is 19.8 Å². The zero-order valence-electron chi connectivity index (χ0n) is 12.4. The molecule has 0 aromatic heterocycles. The summed E-state index contributed by atoms with van der Waals surface area (Å²) in [4.78, 5) is 18.0. The molecule has 5 heteroatoms. The zero-order valence-corrected chi connectivity index (χ0v) is 12.4. The van der Waals surface area contributed by atoms with Gasteiger partial charge in [0.1, 0.15) is 0 Å². The zero-order chi connectivity index (χ0) is 15.3. The van der Waals surface area contributed by atoms with Crippen LogP contribution in [0.2, 0.25) is 0 Å². The molecule has 0 saturated heterocycles. The summed E-state index contributed by atoms with van der Waals surface area (Å²) >= 11 is 0. The Kier molecular flexibility index (Phi) is 3.31. The Hall–Kier alpha value is -1.43. The maximum Gasteiger partial charge on any atom is 0.278 e. The lowest BCUT2D eigenvalue weighted by atomic mass is 9.95. The fraction of sp³-hybridized carbons (Fsp3) is 0.562. The van der Waals surface area contributed by atoms with Crippen molar-refractivity contribution in [1.29, 1.82) is 0 Å². The van der Waals surface area contributed by atoms with E-state index in [1.165, 1.54) is 5.06 Å². The summed E-state index contributed by atoms with van der Waals surface area (Å²) in [6, 6.07) is 5.44. The van der Waals surface area contributed by atoms with Gasteiger partial charge in [-0.15, -0.1) is 0 Å². The molecular formula is C16H21NO4. The Labute approximate surface area is 124 Å². The molecule has 0 unspecified atom stereocenters. The maximum absolute atomic E-state index is 12.4. The molecule has 2 aliphatic rings. The molecule has 3 rings (SSSR count). The van der Waals surface area contributed by atoms with Crippen LogP contribution in [-0.4, -0.2) is 34.4 Å². The van der Waals surface area contributed by atoms with Gasteiger partial charge in [0, 0.05) is 11.0 Å². The fourth-order valence-electron chi connectivity index (χ4n) is 2.50. The van der Waals surface area contributed by atoms with Crippen LogP contribution >= 0.6 is 0 Å². The van der Waals surface area contributed by atoms with Gasteiger partial charge < -0.3 is 10.2 Å². The number of carbonyl (C=O) groups excluding carboxylic acids is 1. The fourth-order valence-corrected chi connectivity index (χ4v) is 2.50. The van der Waals surface area contributed by atoms with E-state index in [0.29, 0.717) is 24.3 Å². The second-order valence-corrected chi connectivity index (χ2v) is 6.70. The normalized spacial score (nSPS) is 19.8. The monoisotopic (exact) mass is 291 g/mol. The maximum atomic E-state index is 12.4. The Bertz CT molecular complexity index is 572. The molecule has 0 atom stereocenters. The van der Waals surface area contributed by atoms with Gasteiger partial charge in [0.05, 0.1) is 25.4 Å². The summed E-state index contributed by atoms with van der Waals surface area (Å²) < 4.78 is 0. The summed E-state index contributed by atoms with van der Waals surface area (Å²) in [6.45, 7) is 4.29. The lowest BCUT2D eigenvalue weighted by Gasteiger charge is -2.19. The first-order valence-corrected chi connectivity index (χ1v) is 7.26. The Balaban J connectivity index is 1.73. The van der Waals surface area contributed by atoms with Crippen molar-refractivity contribution in [3.63, 3.8) is 0 Å². The standard InChI is InChI=1S/C16H21NO4/c1-15(2,20)12-4-3-11-8-17(14(19)13(11)7-12)21-10-16(9-18)5-6-16/h3-4,7,18,20H,5-6,8-10H2,1-2H3. The highest BCUT2D eigenvalue weighted by Crippen LogP contribution is 2.45. The summed E-state index contributed by atoms with van der Waals surface area (Å²) in [7, 11) is 0. The summed E-state index contributed by atoms with van der Waals surface area (Å²) in [5.41, 5.74) is 1.09. The van der Waals surface area contributed by atoms with E-state index >= 15 is 0 Å². The van der Waals surface area contributed by atoms with Crippen molar-refractivity contribution in [3.05, 3.63) is 34.9 Å². The van der Waals surface area contributed by atoms with Crippen molar-refractivity contribution in [1.82, 2.24) is 5.06 Å². The Morgan fingerprint density at radius 3 is 2.67 bits per heavy atom. The number of rotatable bonds is 5. The number of fused-ring (bicyclic) bond motifs is 1. The van der Waals surface area contributed by atoms with E-state index in [0.717, 1.165) is 18.4 Å². The third-order valence-electron chi connectivity index (χ3n) is 4.41. The second kappa shape index (κ2) is 4.80. The first-order chi connectivity index (χ1) is 9.85. The minimum absolute atomic E-state index is 0.102. The molecule has 1 aliphatic carbocycles. The quantitative estimate of drug-likeness (QED) is 0.864. The molecule has 114 valence electrons. The number of benzene rings is 1. The van der Waals surface area contributed by atoms with Gasteiger partial charge in [-0.25, -0.2) is 5.06 Å². The van der Waals surface area contributed by atoms with Crippen LogP contribution in [0.5, 0.6) is 0 Å². The number of nitrogens with zero attached hydrogens (tertiary/aromatic N) is 1. The Morgan fingerprint density at radius 1 is 1.38 bits per heavy atom. The summed E-state index contributed by atoms with van der Waals surface area (Å²) in [6.07, 6.45) is 1.89. The van der Waals surface area contributed by atoms with Crippen LogP contribution in [0.4, 0.5) is 0 Å². The van der Waals surface area contributed by atoms with Crippen LogP contribution in [0.3, 0.4) is 0 Å². The van der Waals surface area contributed by atoms with Crippen molar-refractivity contribution in [2.75, 3.05) is 13.2 Å². The highest BCUT2D eigenvalue weighted by Gasteiger charge is 2.44. The molecule has 1 heterocycles. The topological polar surface area (TPSA) is 70.0 Å². The van der Waals surface area contributed by atoms with E-state index in [4.69, 9.17) is 4.84 Å². The molecule has 5 nitrogen and oxygen atoms in total. The van der Waals surface area contributed by atoms with Gasteiger partial charge in [0.25, 0.3) is 5.91 Å². The summed E-state index contributed by atoms with van der Waals surface area (Å²) in [5, 5.41) is 20.7. The lowest BCUT2D eigenvalue weighted by Crippen LogP contribution is -2.28. The van der Waals surface area contributed by atoms with Crippen molar-refractivity contribution >= 4 is 5.91 Å². The van der Waals surface area contributed by atoms with Gasteiger partial charge in [0.15, 0.2) is 0 Å². The average molecular weight is 291 g/mol. The average Bonchev–Trinajstić information content (AvgIpc) is 3.16. The van der Waals surface area contributed by atoms with Crippen LogP contribution in [0, 0.1) is 5.41 Å². The van der Waals surface area contributed by atoms with Crippen molar-refractivity contribution in [2.24, 2.45) is 5.41 Å². The molecule has 1 aromatic carbocycles. The van der Waals surface area contributed by atoms with Gasteiger partial charge in [-0.2, -0.15) is 0 Å². The Morgan fingerprint density at radius 2 is 2.10 bits per heavy atom.